The molecule has 2 rings (SSSR count). The van der Waals surface area contributed by atoms with Crippen molar-refractivity contribution in [2.45, 2.75) is 35.0 Å². The van der Waals surface area contributed by atoms with E-state index in [0.717, 1.165) is 10.6 Å². The third-order valence-electron chi connectivity index (χ3n) is 4.10. The standard InChI is InChI=1S/C19H26N2O4S3/c1-3-21(4-2)28(24,25)19-13-11-18(12-14-19)27(22,23)20-15-8-16-26-17-9-6-5-7-10-17/h5-7,9-14,20H,3-4,8,15-16H2,1-2H3. The Morgan fingerprint density at radius 2 is 1.43 bits per heavy atom. The van der Waals surface area contributed by atoms with Gasteiger partial charge in [-0.3, -0.25) is 0 Å². The Balaban J connectivity index is 1.92. The number of nitrogens with one attached hydrogen (secondary N) is 1. The zero-order chi connectivity index (χ0) is 20.6. The van der Waals surface area contributed by atoms with Crippen molar-refractivity contribution in [3.63, 3.8) is 0 Å². The van der Waals surface area contributed by atoms with Crippen molar-refractivity contribution in [2.75, 3.05) is 25.4 Å². The van der Waals surface area contributed by atoms with Crippen LogP contribution >= 0.6 is 11.8 Å². The second kappa shape index (κ2) is 10.4. The first-order valence-electron chi connectivity index (χ1n) is 9.09. The van der Waals surface area contributed by atoms with Crippen molar-refractivity contribution >= 4 is 31.8 Å². The molecule has 154 valence electrons. The monoisotopic (exact) mass is 442 g/mol. The number of thioether (sulfide) groups is 1. The number of hydrogen-bond donors (Lipinski definition) is 1. The molecule has 28 heavy (non-hydrogen) atoms. The maximum Gasteiger partial charge on any atom is 0.243 e. The second-order valence-electron chi connectivity index (χ2n) is 5.97. The summed E-state index contributed by atoms with van der Waals surface area (Å²) in [5, 5.41) is 0. The summed E-state index contributed by atoms with van der Waals surface area (Å²) in [6, 6.07) is 15.3. The van der Waals surface area contributed by atoms with Crippen molar-refractivity contribution < 1.29 is 16.8 Å². The van der Waals surface area contributed by atoms with Crippen molar-refractivity contribution in [1.82, 2.24) is 9.03 Å². The topological polar surface area (TPSA) is 83.6 Å². The van der Waals surface area contributed by atoms with Crippen LogP contribution < -0.4 is 4.72 Å². The van der Waals surface area contributed by atoms with E-state index >= 15 is 0 Å². The molecule has 9 heteroatoms. The summed E-state index contributed by atoms with van der Waals surface area (Å²) in [6.45, 7) is 4.57. The zero-order valence-corrected chi connectivity index (χ0v) is 18.5. The van der Waals surface area contributed by atoms with Crippen molar-refractivity contribution in [3.05, 3.63) is 54.6 Å². The van der Waals surface area contributed by atoms with Crippen molar-refractivity contribution in [2.24, 2.45) is 0 Å². The van der Waals surface area contributed by atoms with Crippen LogP contribution in [0, 0.1) is 0 Å². The van der Waals surface area contributed by atoms with E-state index in [0.29, 0.717) is 26.1 Å². The Labute approximate surface area is 172 Å². The first-order chi connectivity index (χ1) is 13.3. The van der Waals surface area contributed by atoms with E-state index in [9.17, 15) is 16.8 Å². The Kier molecular flexibility index (Phi) is 8.51. The second-order valence-corrected chi connectivity index (χ2v) is 10.8. The smallest absolute Gasteiger partial charge is 0.211 e. The van der Waals surface area contributed by atoms with E-state index < -0.39 is 20.0 Å². The molecule has 1 N–H and O–H groups in total. The third kappa shape index (κ3) is 6.05. The molecule has 0 aliphatic rings. The van der Waals surface area contributed by atoms with E-state index in [-0.39, 0.29) is 9.79 Å². The molecule has 0 bridgehead atoms. The van der Waals surface area contributed by atoms with Crippen LogP contribution in [0.1, 0.15) is 20.3 Å². The maximum absolute atomic E-state index is 12.5. The summed E-state index contributed by atoms with van der Waals surface area (Å²) < 4.78 is 53.6. The van der Waals surface area contributed by atoms with Gasteiger partial charge in [-0.15, -0.1) is 11.8 Å². The van der Waals surface area contributed by atoms with Gasteiger partial charge >= 0.3 is 0 Å². The molecule has 0 aromatic heterocycles. The fourth-order valence-electron chi connectivity index (χ4n) is 2.57. The predicted molar refractivity (Wildman–Crippen MR) is 114 cm³/mol. The Morgan fingerprint density at radius 1 is 0.857 bits per heavy atom. The lowest BCUT2D eigenvalue weighted by molar-refractivity contribution is 0.445. The molecule has 2 aromatic rings. The number of benzene rings is 2. The molecule has 0 spiro atoms. The van der Waals surface area contributed by atoms with Gasteiger partial charge in [0.1, 0.15) is 0 Å². The lowest BCUT2D eigenvalue weighted by atomic mass is 10.4. The normalized spacial score (nSPS) is 12.4. The lowest BCUT2D eigenvalue weighted by Crippen LogP contribution is -2.30. The average molecular weight is 443 g/mol. The molecule has 6 nitrogen and oxygen atoms in total. The van der Waals surface area contributed by atoms with Gasteiger partial charge < -0.3 is 0 Å². The van der Waals surface area contributed by atoms with E-state index in [1.807, 2.05) is 30.3 Å². The molecule has 0 unspecified atom stereocenters. The largest absolute Gasteiger partial charge is 0.243 e. The highest BCUT2D eigenvalue weighted by Crippen LogP contribution is 2.19. The van der Waals surface area contributed by atoms with Gasteiger partial charge in [0.2, 0.25) is 20.0 Å². The minimum absolute atomic E-state index is 0.0571. The van der Waals surface area contributed by atoms with Gasteiger partial charge in [-0.2, -0.15) is 4.31 Å². The summed E-state index contributed by atoms with van der Waals surface area (Å²) in [5.74, 6) is 0.799. The van der Waals surface area contributed by atoms with Gasteiger partial charge in [0, 0.05) is 24.5 Å². The molecule has 0 atom stereocenters. The Morgan fingerprint density at radius 3 is 2.00 bits per heavy atom. The Hall–Kier alpha value is -1.39. The van der Waals surface area contributed by atoms with Gasteiger partial charge in [0.15, 0.2) is 0 Å². The molecule has 0 saturated heterocycles. The van der Waals surface area contributed by atoms with Crippen LogP contribution in [-0.4, -0.2) is 46.5 Å². The molecule has 0 aliphatic heterocycles. The van der Waals surface area contributed by atoms with E-state index in [2.05, 4.69) is 4.72 Å². The van der Waals surface area contributed by atoms with E-state index in [1.54, 1.807) is 25.6 Å². The molecule has 2 aromatic carbocycles. The summed E-state index contributed by atoms with van der Waals surface area (Å²) >= 11 is 1.67. The minimum atomic E-state index is -3.67. The fourth-order valence-corrected chi connectivity index (χ4v) is 5.98. The van der Waals surface area contributed by atoms with Crippen LogP contribution in [0.2, 0.25) is 0 Å². The highest BCUT2D eigenvalue weighted by molar-refractivity contribution is 7.99. The van der Waals surface area contributed by atoms with E-state index in [1.165, 1.54) is 28.6 Å². The van der Waals surface area contributed by atoms with Crippen LogP contribution in [0.15, 0.2) is 69.3 Å². The predicted octanol–water partition coefficient (Wildman–Crippen LogP) is 3.18. The zero-order valence-electron chi connectivity index (χ0n) is 16.0. The molecule has 0 radical (unpaired) electrons. The van der Waals surface area contributed by atoms with Crippen LogP contribution in [0.3, 0.4) is 0 Å². The quantitative estimate of drug-likeness (QED) is 0.427. The van der Waals surface area contributed by atoms with Gasteiger partial charge in [-0.1, -0.05) is 32.0 Å². The summed E-state index contributed by atoms with van der Waals surface area (Å²) in [6.07, 6.45) is 0.688. The summed E-state index contributed by atoms with van der Waals surface area (Å²) in [4.78, 5) is 1.30. The molecule has 0 heterocycles. The number of nitrogens with zero attached hydrogens (tertiary/aromatic N) is 1. The summed E-state index contributed by atoms with van der Waals surface area (Å²) in [7, 11) is -7.27. The molecule has 0 amide bonds. The molecule has 0 aliphatic carbocycles. The number of hydrogen-bond acceptors (Lipinski definition) is 5. The minimum Gasteiger partial charge on any atom is -0.211 e. The van der Waals surface area contributed by atoms with Crippen LogP contribution in [0.5, 0.6) is 0 Å². The summed E-state index contributed by atoms with van der Waals surface area (Å²) in [5.41, 5.74) is 0. The van der Waals surface area contributed by atoms with E-state index in [4.69, 9.17) is 0 Å². The van der Waals surface area contributed by atoms with Crippen LogP contribution in [0.25, 0.3) is 0 Å². The lowest BCUT2D eigenvalue weighted by Gasteiger charge is -2.18. The number of sulfonamides is 2. The maximum atomic E-state index is 12.5. The third-order valence-corrected chi connectivity index (χ3v) is 8.74. The Bertz CT molecular complexity index is 940. The average Bonchev–Trinajstić information content (AvgIpc) is 2.69. The van der Waals surface area contributed by atoms with Crippen molar-refractivity contribution in [3.8, 4) is 0 Å². The van der Waals surface area contributed by atoms with Gasteiger partial charge in [-0.25, -0.2) is 21.6 Å². The van der Waals surface area contributed by atoms with Crippen molar-refractivity contribution in [1.29, 1.82) is 0 Å². The highest BCUT2D eigenvalue weighted by Gasteiger charge is 2.22. The van der Waals surface area contributed by atoms with Gasteiger partial charge in [-0.05, 0) is 48.6 Å². The molecule has 0 saturated carbocycles. The molecular weight excluding hydrogens is 416 g/mol. The fraction of sp³-hybridized carbons (Fsp3) is 0.368. The molecule has 0 fully saturated rings. The first kappa shape index (κ1) is 22.9. The van der Waals surface area contributed by atoms with Crippen LogP contribution in [-0.2, 0) is 20.0 Å². The van der Waals surface area contributed by atoms with Crippen LogP contribution in [0.4, 0.5) is 0 Å². The van der Waals surface area contributed by atoms with Gasteiger partial charge in [0.05, 0.1) is 9.79 Å². The SMILES string of the molecule is CCN(CC)S(=O)(=O)c1ccc(S(=O)(=O)NCCCSc2ccccc2)cc1. The first-order valence-corrected chi connectivity index (χ1v) is 13.0. The molecular formula is C19H26N2O4S3. The number of rotatable bonds is 11. The highest BCUT2D eigenvalue weighted by atomic mass is 32.2. The van der Waals surface area contributed by atoms with Gasteiger partial charge in [0.25, 0.3) is 0 Å².